The minimum absolute atomic E-state index is 0.159. The predicted octanol–water partition coefficient (Wildman–Crippen LogP) is 2.50. The third kappa shape index (κ3) is 4.11. The van der Waals surface area contributed by atoms with Crippen LogP contribution in [0.4, 0.5) is 5.82 Å². The van der Waals surface area contributed by atoms with Gasteiger partial charge in [-0.15, -0.1) is 0 Å². The molecular formula is C19H21N5O3. The molecule has 3 heterocycles. The van der Waals surface area contributed by atoms with Crippen LogP contribution in [0.2, 0.25) is 0 Å². The Kier molecular flexibility index (Phi) is 5.44. The first-order valence-electron chi connectivity index (χ1n) is 8.74. The zero-order chi connectivity index (χ0) is 19.4. The van der Waals surface area contributed by atoms with Crippen molar-refractivity contribution in [3.63, 3.8) is 0 Å². The largest absolute Gasteiger partial charge is 0.339 e. The van der Waals surface area contributed by atoms with Gasteiger partial charge < -0.3 is 14.4 Å². The van der Waals surface area contributed by atoms with Crippen molar-refractivity contribution in [1.82, 2.24) is 19.7 Å². The van der Waals surface area contributed by atoms with Crippen molar-refractivity contribution in [2.24, 2.45) is 0 Å². The fraction of sp³-hybridized carbons (Fsp3) is 0.316. The van der Waals surface area contributed by atoms with Gasteiger partial charge in [-0.05, 0) is 44.5 Å². The summed E-state index contributed by atoms with van der Waals surface area (Å²) in [5.74, 6) is 0.882. The van der Waals surface area contributed by atoms with Crippen molar-refractivity contribution in [3.8, 4) is 11.4 Å². The number of nitrogens with one attached hydrogen (secondary N) is 1. The van der Waals surface area contributed by atoms with E-state index in [9.17, 15) is 9.59 Å². The minimum Gasteiger partial charge on any atom is -0.339 e. The second kappa shape index (κ2) is 7.94. The quantitative estimate of drug-likeness (QED) is 0.718. The third-order valence-electron chi connectivity index (χ3n) is 4.25. The van der Waals surface area contributed by atoms with Crippen molar-refractivity contribution in [1.29, 1.82) is 0 Å². The monoisotopic (exact) mass is 367 g/mol. The summed E-state index contributed by atoms with van der Waals surface area (Å²) >= 11 is 0. The van der Waals surface area contributed by atoms with E-state index < -0.39 is 0 Å². The van der Waals surface area contributed by atoms with E-state index in [1.54, 1.807) is 16.8 Å². The SMILES string of the molecule is CCn1c(C)ccc(-c2noc(CCC(=O)Nc3ncccc3C)n2)c1=O. The summed E-state index contributed by atoms with van der Waals surface area (Å²) in [7, 11) is 0. The van der Waals surface area contributed by atoms with E-state index in [4.69, 9.17) is 4.52 Å². The number of hydrogen-bond donors (Lipinski definition) is 1. The van der Waals surface area contributed by atoms with Gasteiger partial charge in [-0.3, -0.25) is 9.59 Å². The zero-order valence-corrected chi connectivity index (χ0v) is 15.5. The van der Waals surface area contributed by atoms with Gasteiger partial charge in [0.15, 0.2) is 0 Å². The van der Waals surface area contributed by atoms with Gasteiger partial charge in [-0.1, -0.05) is 11.2 Å². The first-order chi connectivity index (χ1) is 13.0. The van der Waals surface area contributed by atoms with Gasteiger partial charge in [0.25, 0.3) is 5.56 Å². The maximum Gasteiger partial charge on any atom is 0.261 e. The lowest BCUT2D eigenvalue weighted by Gasteiger charge is -2.07. The third-order valence-corrected chi connectivity index (χ3v) is 4.25. The summed E-state index contributed by atoms with van der Waals surface area (Å²) in [6.07, 6.45) is 2.07. The van der Waals surface area contributed by atoms with Crippen molar-refractivity contribution in [3.05, 3.63) is 58.0 Å². The van der Waals surface area contributed by atoms with Gasteiger partial charge in [0, 0.05) is 31.3 Å². The Labute approximate surface area is 156 Å². The first kappa shape index (κ1) is 18.5. The Hall–Kier alpha value is -3.29. The average molecular weight is 367 g/mol. The summed E-state index contributed by atoms with van der Waals surface area (Å²) in [4.78, 5) is 33.0. The van der Waals surface area contributed by atoms with Crippen molar-refractivity contribution in [2.45, 2.75) is 40.2 Å². The molecule has 8 nitrogen and oxygen atoms in total. The number of nitrogens with zero attached hydrogens (tertiary/aromatic N) is 4. The van der Waals surface area contributed by atoms with Crippen LogP contribution in [0.15, 0.2) is 39.8 Å². The molecule has 3 rings (SSSR count). The molecule has 0 bridgehead atoms. The Morgan fingerprint density at radius 2 is 2.07 bits per heavy atom. The number of hydrogen-bond acceptors (Lipinski definition) is 6. The van der Waals surface area contributed by atoms with E-state index in [0.29, 0.717) is 23.8 Å². The lowest BCUT2D eigenvalue weighted by atomic mass is 10.2. The molecule has 0 saturated heterocycles. The summed E-state index contributed by atoms with van der Waals surface area (Å²) in [5.41, 5.74) is 1.98. The highest BCUT2D eigenvalue weighted by Gasteiger charge is 2.15. The molecular weight excluding hydrogens is 346 g/mol. The summed E-state index contributed by atoms with van der Waals surface area (Å²) < 4.78 is 6.84. The highest BCUT2D eigenvalue weighted by Crippen LogP contribution is 2.14. The van der Waals surface area contributed by atoms with Crippen LogP contribution in [0.25, 0.3) is 11.4 Å². The Morgan fingerprint density at radius 1 is 1.26 bits per heavy atom. The van der Waals surface area contributed by atoms with Crippen molar-refractivity contribution >= 4 is 11.7 Å². The van der Waals surface area contributed by atoms with Gasteiger partial charge >= 0.3 is 0 Å². The molecule has 140 valence electrons. The molecule has 27 heavy (non-hydrogen) atoms. The van der Waals surface area contributed by atoms with Gasteiger partial charge in [0.1, 0.15) is 5.82 Å². The Balaban J connectivity index is 1.68. The molecule has 0 fully saturated rings. The van der Waals surface area contributed by atoms with Crippen molar-refractivity contribution in [2.75, 3.05) is 5.32 Å². The van der Waals surface area contributed by atoms with Crippen LogP contribution >= 0.6 is 0 Å². The normalized spacial score (nSPS) is 10.8. The summed E-state index contributed by atoms with van der Waals surface area (Å²) in [6, 6.07) is 7.22. The first-order valence-corrected chi connectivity index (χ1v) is 8.74. The van der Waals surface area contributed by atoms with E-state index in [1.807, 2.05) is 39.0 Å². The maximum absolute atomic E-state index is 12.5. The summed E-state index contributed by atoms with van der Waals surface area (Å²) in [5, 5.41) is 6.64. The van der Waals surface area contributed by atoms with Crippen LogP contribution in [-0.4, -0.2) is 25.6 Å². The molecule has 1 amide bonds. The molecule has 3 aromatic rings. The summed E-state index contributed by atoms with van der Waals surface area (Å²) in [6.45, 7) is 6.22. The van der Waals surface area contributed by atoms with Gasteiger partial charge in [0.2, 0.25) is 17.6 Å². The lowest BCUT2D eigenvalue weighted by Crippen LogP contribution is -2.23. The maximum atomic E-state index is 12.5. The zero-order valence-electron chi connectivity index (χ0n) is 15.5. The molecule has 8 heteroatoms. The highest BCUT2D eigenvalue weighted by atomic mass is 16.5. The fourth-order valence-electron chi connectivity index (χ4n) is 2.73. The topological polar surface area (TPSA) is 103 Å². The molecule has 1 N–H and O–H groups in total. The standard InChI is InChI=1S/C19H21N5O3/c1-4-24-13(3)7-8-14(19(24)26)18-22-16(27-23-18)10-9-15(25)21-17-12(2)6-5-11-20-17/h5-8,11H,4,9-10H2,1-3H3,(H,20,21,25). The molecule has 0 aliphatic carbocycles. The van der Waals surface area contributed by atoms with E-state index in [2.05, 4.69) is 20.4 Å². The number of carbonyl (C=O) groups is 1. The average Bonchev–Trinajstić information content (AvgIpc) is 3.11. The second-order valence-corrected chi connectivity index (χ2v) is 6.17. The van der Waals surface area contributed by atoms with Crippen LogP contribution in [0.1, 0.15) is 30.5 Å². The smallest absolute Gasteiger partial charge is 0.261 e. The minimum atomic E-state index is -0.194. The van der Waals surface area contributed by atoms with Crippen LogP contribution < -0.4 is 10.9 Å². The molecule has 0 aliphatic rings. The Morgan fingerprint density at radius 3 is 2.81 bits per heavy atom. The number of amides is 1. The number of rotatable bonds is 6. The molecule has 0 aliphatic heterocycles. The number of aryl methyl sites for hydroxylation is 3. The van der Waals surface area contributed by atoms with Gasteiger partial charge in [-0.2, -0.15) is 4.98 Å². The number of anilines is 1. The van der Waals surface area contributed by atoms with Crippen LogP contribution in [-0.2, 0) is 17.8 Å². The molecule has 0 spiro atoms. The van der Waals surface area contributed by atoms with E-state index in [0.717, 1.165) is 11.3 Å². The lowest BCUT2D eigenvalue weighted by molar-refractivity contribution is -0.116. The molecule has 0 aromatic carbocycles. The molecule has 0 radical (unpaired) electrons. The van der Waals surface area contributed by atoms with Gasteiger partial charge in [-0.25, -0.2) is 4.98 Å². The number of pyridine rings is 2. The molecule has 0 unspecified atom stereocenters. The van der Waals surface area contributed by atoms with Crippen LogP contribution in [0, 0.1) is 13.8 Å². The second-order valence-electron chi connectivity index (χ2n) is 6.17. The number of carbonyl (C=O) groups excluding carboxylic acids is 1. The molecule has 0 atom stereocenters. The van der Waals surface area contributed by atoms with Crippen LogP contribution in [0.3, 0.4) is 0 Å². The predicted molar refractivity (Wildman–Crippen MR) is 100 cm³/mol. The molecule has 0 saturated carbocycles. The highest BCUT2D eigenvalue weighted by molar-refractivity contribution is 5.90. The van der Waals surface area contributed by atoms with Crippen molar-refractivity contribution < 1.29 is 9.32 Å². The van der Waals surface area contributed by atoms with E-state index in [1.165, 1.54) is 0 Å². The van der Waals surface area contributed by atoms with E-state index >= 15 is 0 Å². The van der Waals surface area contributed by atoms with Gasteiger partial charge in [0.05, 0.1) is 5.56 Å². The number of aromatic nitrogens is 4. The fourth-order valence-corrected chi connectivity index (χ4v) is 2.73. The van der Waals surface area contributed by atoms with Crippen LogP contribution in [0.5, 0.6) is 0 Å². The Bertz CT molecular complexity index is 1020. The molecule has 3 aromatic heterocycles. The van der Waals surface area contributed by atoms with E-state index in [-0.39, 0.29) is 30.1 Å².